The molecule has 0 fully saturated rings. The highest BCUT2D eigenvalue weighted by atomic mass is 32.2. The van der Waals surface area contributed by atoms with Crippen molar-refractivity contribution in [2.45, 2.75) is 6.54 Å². The maximum absolute atomic E-state index is 10.4. The minimum absolute atomic E-state index is 0.0622. The summed E-state index contributed by atoms with van der Waals surface area (Å²) in [6.45, 7) is 0.0622. The molecule has 1 heterocycles. The van der Waals surface area contributed by atoms with Gasteiger partial charge in [0.2, 0.25) is 0 Å². The zero-order valence-corrected chi connectivity index (χ0v) is 6.95. The molecule has 6 nitrogen and oxygen atoms in total. The zero-order chi connectivity index (χ0) is 9.03. The van der Waals surface area contributed by atoms with Gasteiger partial charge in [0.15, 0.2) is 0 Å². The summed E-state index contributed by atoms with van der Waals surface area (Å²) in [6.07, 6.45) is 1.50. The molecule has 0 spiro atoms. The second-order valence-corrected chi connectivity index (χ2v) is 3.46. The van der Waals surface area contributed by atoms with Crippen LogP contribution in [0.4, 0.5) is 0 Å². The maximum Gasteiger partial charge on any atom is 0.274 e. The van der Waals surface area contributed by atoms with E-state index in [9.17, 15) is 8.42 Å². The van der Waals surface area contributed by atoms with Crippen molar-refractivity contribution in [1.82, 2.24) is 14.9 Å². The van der Waals surface area contributed by atoms with E-state index >= 15 is 0 Å². The Labute approximate surface area is 70.0 Å². The number of hydrogen-bond acceptors (Lipinski definition) is 4. The van der Waals surface area contributed by atoms with Gasteiger partial charge in [-0.05, 0) is 12.1 Å². The first-order chi connectivity index (χ1) is 5.58. The molecule has 0 saturated carbocycles. The Morgan fingerprint density at radius 2 is 2.33 bits per heavy atom. The van der Waals surface area contributed by atoms with Crippen molar-refractivity contribution in [2.24, 2.45) is 5.14 Å². The smallest absolute Gasteiger partial charge is 0.216 e. The first-order valence-electron chi connectivity index (χ1n) is 3.12. The fourth-order valence-corrected chi connectivity index (χ4v) is 0.951. The molecule has 12 heavy (non-hydrogen) atoms. The quantitative estimate of drug-likeness (QED) is 0.620. The van der Waals surface area contributed by atoms with Crippen molar-refractivity contribution in [3.8, 4) is 0 Å². The first-order valence-corrected chi connectivity index (χ1v) is 4.66. The number of hydrogen-bond donors (Lipinski definition) is 2. The SMILES string of the molecule is NS(=O)(=O)NCc1cccnn1. The molecule has 0 atom stereocenters. The predicted octanol–water partition coefficient (Wildman–Crippen LogP) is -1.23. The van der Waals surface area contributed by atoms with Gasteiger partial charge in [-0.25, -0.2) is 5.14 Å². The molecule has 66 valence electrons. The van der Waals surface area contributed by atoms with Crippen LogP contribution in [-0.2, 0) is 16.8 Å². The van der Waals surface area contributed by atoms with Crippen LogP contribution in [0, 0.1) is 0 Å². The van der Waals surface area contributed by atoms with Crippen molar-refractivity contribution >= 4 is 10.2 Å². The van der Waals surface area contributed by atoms with Crippen molar-refractivity contribution in [2.75, 3.05) is 0 Å². The lowest BCUT2D eigenvalue weighted by molar-refractivity contribution is 0.581. The molecule has 0 aliphatic carbocycles. The summed E-state index contributed by atoms with van der Waals surface area (Å²) in [7, 11) is -3.64. The maximum atomic E-state index is 10.4. The number of nitrogens with zero attached hydrogens (tertiary/aromatic N) is 2. The molecule has 0 saturated heterocycles. The van der Waals surface area contributed by atoms with E-state index in [-0.39, 0.29) is 6.54 Å². The van der Waals surface area contributed by atoms with Crippen molar-refractivity contribution in [3.63, 3.8) is 0 Å². The number of rotatable bonds is 3. The second kappa shape index (κ2) is 3.57. The Morgan fingerprint density at radius 3 is 2.83 bits per heavy atom. The van der Waals surface area contributed by atoms with E-state index in [1.54, 1.807) is 12.1 Å². The molecule has 0 unspecified atom stereocenters. The lowest BCUT2D eigenvalue weighted by Gasteiger charge is -1.98. The van der Waals surface area contributed by atoms with Crippen molar-refractivity contribution < 1.29 is 8.42 Å². The molecule has 1 aromatic heterocycles. The minimum Gasteiger partial charge on any atom is -0.216 e. The van der Waals surface area contributed by atoms with Gasteiger partial charge in [0, 0.05) is 6.20 Å². The van der Waals surface area contributed by atoms with Gasteiger partial charge in [-0.3, -0.25) is 0 Å². The van der Waals surface area contributed by atoms with Gasteiger partial charge in [0.1, 0.15) is 0 Å². The Morgan fingerprint density at radius 1 is 1.58 bits per heavy atom. The normalized spacial score (nSPS) is 11.4. The van der Waals surface area contributed by atoms with Gasteiger partial charge >= 0.3 is 0 Å². The summed E-state index contributed by atoms with van der Waals surface area (Å²) in [5.74, 6) is 0. The van der Waals surface area contributed by atoms with Crippen LogP contribution < -0.4 is 9.86 Å². The highest BCUT2D eigenvalue weighted by Gasteiger charge is 2.00. The van der Waals surface area contributed by atoms with Crippen molar-refractivity contribution in [1.29, 1.82) is 0 Å². The summed E-state index contributed by atoms with van der Waals surface area (Å²) in [4.78, 5) is 0. The first kappa shape index (κ1) is 9.04. The third kappa shape index (κ3) is 3.37. The van der Waals surface area contributed by atoms with E-state index in [2.05, 4.69) is 14.9 Å². The van der Waals surface area contributed by atoms with E-state index in [1.807, 2.05) is 0 Å². The Hall–Kier alpha value is -1.05. The predicted molar refractivity (Wildman–Crippen MR) is 42.0 cm³/mol. The van der Waals surface area contributed by atoms with Crippen LogP contribution >= 0.6 is 0 Å². The van der Waals surface area contributed by atoms with Crippen molar-refractivity contribution in [3.05, 3.63) is 24.0 Å². The van der Waals surface area contributed by atoms with Crippen LogP contribution in [0.3, 0.4) is 0 Å². The molecule has 0 aliphatic rings. The Kier molecular flexibility index (Phi) is 2.69. The molecular formula is C5H8N4O2S. The number of nitrogens with two attached hydrogens (primary N) is 1. The van der Waals surface area contributed by atoms with E-state index in [0.29, 0.717) is 5.69 Å². The van der Waals surface area contributed by atoms with E-state index in [0.717, 1.165) is 0 Å². The summed E-state index contributed by atoms with van der Waals surface area (Å²) < 4.78 is 22.9. The van der Waals surface area contributed by atoms with Gasteiger partial charge in [0.05, 0.1) is 12.2 Å². The van der Waals surface area contributed by atoms with Gasteiger partial charge < -0.3 is 0 Å². The van der Waals surface area contributed by atoms with Crippen LogP contribution in [0.15, 0.2) is 18.3 Å². The molecule has 0 bridgehead atoms. The average Bonchev–Trinajstić information content (AvgIpc) is 2.02. The van der Waals surface area contributed by atoms with Gasteiger partial charge in [-0.15, -0.1) is 0 Å². The second-order valence-electron chi connectivity index (χ2n) is 2.08. The third-order valence-corrected chi connectivity index (χ3v) is 1.63. The third-order valence-electron chi connectivity index (χ3n) is 1.08. The van der Waals surface area contributed by atoms with E-state index in [1.165, 1.54) is 6.20 Å². The fourth-order valence-electron chi connectivity index (χ4n) is 0.602. The standard InChI is InChI=1S/C5H8N4O2S/c6-12(10,11)8-4-5-2-1-3-7-9-5/h1-3,8H,4H2,(H2,6,10,11). The topological polar surface area (TPSA) is 98.0 Å². The summed E-state index contributed by atoms with van der Waals surface area (Å²) in [5, 5.41) is 11.9. The van der Waals surface area contributed by atoms with E-state index in [4.69, 9.17) is 5.14 Å². The van der Waals surface area contributed by atoms with Crippen LogP contribution in [0.25, 0.3) is 0 Å². The lowest BCUT2D eigenvalue weighted by Crippen LogP contribution is -2.30. The zero-order valence-electron chi connectivity index (χ0n) is 6.14. The summed E-state index contributed by atoms with van der Waals surface area (Å²) in [6, 6.07) is 3.30. The molecule has 0 aliphatic heterocycles. The largest absolute Gasteiger partial charge is 0.274 e. The molecule has 0 radical (unpaired) electrons. The van der Waals surface area contributed by atoms with Gasteiger partial charge in [-0.2, -0.15) is 23.3 Å². The molecule has 0 amide bonds. The van der Waals surface area contributed by atoms with E-state index < -0.39 is 10.2 Å². The van der Waals surface area contributed by atoms with Gasteiger partial charge in [0.25, 0.3) is 10.2 Å². The highest BCUT2D eigenvalue weighted by molar-refractivity contribution is 7.87. The molecule has 3 N–H and O–H groups in total. The molecule has 1 aromatic rings. The number of aromatic nitrogens is 2. The Balaban J connectivity index is 2.56. The molecule has 1 rings (SSSR count). The minimum atomic E-state index is -3.64. The average molecular weight is 188 g/mol. The summed E-state index contributed by atoms with van der Waals surface area (Å²) >= 11 is 0. The van der Waals surface area contributed by atoms with Crippen LogP contribution in [0.5, 0.6) is 0 Å². The monoisotopic (exact) mass is 188 g/mol. The highest BCUT2D eigenvalue weighted by Crippen LogP contribution is 1.89. The van der Waals surface area contributed by atoms with Crippen LogP contribution in [-0.4, -0.2) is 18.6 Å². The van der Waals surface area contributed by atoms with Crippen LogP contribution in [0.1, 0.15) is 5.69 Å². The summed E-state index contributed by atoms with van der Waals surface area (Å²) in [5.41, 5.74) is 0.520. The number of nitrogens with one attached hydrogen (secondary N) is 1. The Bertz CT molecular complexity index is 336. The lowest BCUT2D eigenvalue weighted by atomic mass is 10.4. The fraction of sp³-hybridized carbons (Fsp3) is 0.200. The molecule has 7 heteroatoms. The molecular weight excluding hydrogens is 180 g/mol. The molecule has 0 aromatic carbocycles. The van der Waals surface area contributed by atoms with Gasteiger partial charge in [-0.1, -0.05) is 0 Å². The van der Waals surface area contributed by atoms with Crippen LogP contribution in [0.2, 0.25) is 0 Å².